The quantitative estimate of drug-likeness (QED) is 0.898. The number of aromatic carboxylic acids is 1. The van der Waals surface area contributed by atoms with E-state index in [1.165, 1.54) is 12.2 Å². The molecule has 1 aliphatic heterocycles. The molecular formula is C12H13N3O2S. The maximum absolute atomic E-state index is 11.1. The SMILES string of the molecule is O=C(O)c1cccn2nc(C3CCCSC3)nc12. The van der Waals surface area contributed by atoms with Crippen LogP contribution in [-0.4, -0.2) is 37.2 Å². The van der Waals surface area contributed by atoms with Crippen LogP contribution in [0.3, 0.4) is 0 Å². The van der Waals surface area contributed by atoms with Crippen LogP contribution < -0.4 is 0 Å². The number of carboxylic acid groups (broad SMARTS) is 1. The normalized spacial score (nSPS) is 20.1. The molecule has 0 bridgehead atoms. The highest BCUT2D eigenvalue weighted by Crippen LogP contribution is 2.29. The number of rotatable bonds is 2. The van der Waals surface area contributed by atoms with Crippen LogP contribution in [0.5, 0.6) is 0 Å². The summed E-state index contributed by atoms with van der Waals surface area (Å²) in [7, 11) is 0. The minimum atomic E-state index is -0.961. The highest BCUT2D eigenvalue weighted by molar-refractivity contribution is 7.99. The summed E-state index contributed by atoms with van der Waals surface area (Å²) >= 11 is 1.91. The minimum Gasteiger partial charge on any atom is -0.478 e. The largest absolute Gasteiger partial charge is 0.478 e. The smallest absolute Gasteiger partial charge is 0.339 e. The summed E-state index contributed by atoms with van der Waals surface area (Å²) in [6.45, 7) is 0. The van der Waals surface area contributed by atoms with Crippen LogP contribution in [0.1, 0.15) is 34.9 Å². The third-order valence-electron chi connectivity index (χ3n) is 3.13. The molecule has 1 aliphatic rings. The Balaban J connectivity index is 2.04. The maximum Gasteiger partial charge on any atom is 0.339 e. The van der Waals surface area contributed by atoms with Crippen molar-refractivity contribution in [1.29, 1.82) is 0 Å². The van der Waals surface area contributed by atoms with Crippen LogP contribution in [0.4, 0.5) is 0 Å². The Bertz CT molecular complexity index is 590. The van der Waals surface area contributed by atoms with Crippen molar-refractivity contribution in [2.24, 2.45) is 0 Å². The van der Waals surface area contributed by atoms with Crippen molar-refractivity contribution in [1.82, 2.24) is 14.6 Å². The van der Waals surface area contributed by atoms with Crippen molar-refractivity contribution < 1.29 is 9.90 Å². The summed E-state index contributed by atoms with van der Waals surface area (Å²) in [5.41, 5.74) is 0.648. The van der Waals surface area contributed by atoms with Gasteiger partial charge in [0.15, 0.2) is 11.5 Å². The van der Waals surface area contributed by atoms with Gasteiger partial charge in [0.25, 0.3) is 0 Å². The van der Waals surface area contributed by atoms with Crippen LogP contribution in [-0.2, 0) is 0 Å². The predicted molar refractivity (Wildman–Crippen MR) is 69.2 cm³/mol. The lowest BCUT2D eigenvalue weighted by atomic mass is 10.1. The van der Waals surface area contributed by atoms with E-state index in [0.717, 1.165) is 18.0 Å². The maximum atomic E-state index is 11.1. The highest BCUT2D eigenvalue weighted by atomic mass is 32.2. The summed E-state index contributed by atoms with van der Waals surface area (Å²) in [5.74, 6) is 2.39. The molecule has 1 saturated heterocycles. The number of carboxylic acids is 1. The second kappa shape index (κ2) is 4.61. The van der Waals surface area contributed by atoms with Gasteiger partial charge in [0, 0.05) is 17.9 Å². The van der Waals surface area contributed by atoms with Crippen molar-refractivity contribution in [3.8, 4) is 0 Å². The molecule has 0 radical (unpaired) electrons. The molecule has 94 valence electrons. The van der Waals surface area contributed by atoms with Crippen molar-refractivity contribution in [2.75, 3.05) is 11.5 Å². The molecule has 0 aromatic carbocycles. The molecular weight excluding hydrogens is 250 g/mol. The fourth-order valence-corrected chi connectivity index (χ4v) is 3.34. The van der Waals surface area contributed by atoms with Crippen molar-refractivity contribution in [3.63, 3.8) is 0 Å². The predicted octanol–water partition coefficient (Wildman–Crippen LogP) is 2.04. The molecule has 18 heavy (non-hydrogen) atoms. The van der Waals surface area contributed by atoms with Gasteiger partial charge in [-0.2, -0.15) is 16.9 Å². The Morgan fingerprint density at radius 3 is 3.17 bits per heavy atom. The Morgan fingerprint density at radius 2 is 2.44 bits per heavy atom. The van der Waals surface area contributed by atoms with Gasteiger partial charge in [-0.1, -0.05) is 0 Å². The van der Waals surface area contributed by atoms with Crippen molar-refractivity contribution >= 4 is 23.4 Å². The molecule has 0 saturated carbocycles. The van der Waals surface area contributed by atoms with Crippen LogP contribution in [0, 0.1) is 0 Å². The standard InChI is InChI=1S/C12H13N3O2S/c16-12(17)9-4-1-5-15-11(9)13-10(14-15)8-3-2-6-18-7-8/h1,4-5,8H,2-3,6-7H2,(H,16,17). The summed E-state index contributed by atoms with van der Waals surface area (Å²) in [4.78, 5) is 15.5. The first-order valence-corrected chi connectivity index (χ1v) is 7.07. The lowest BCUT2D eigenvalue weighted by molar-refractivity contribution is 0.0698. The van der Waals surface area contributed by atoms with Gasteiger partial charge in [0.1, 0.15) is 5.56 Å². The lowest BCUT2D eigenvalue weighted by Gasteiger charge is -2.17. The summed E-state index contributed by atoms with van der Waals surface area (Å²) in [5, 5.41) is 13.5. The molecule has 6 heteroatoms. The number of aromatic nitrogens is 3. The molecule has 5 nitrogen and oxygen atoms in total. The number of hydrogen-bond acceptors (Lipinski definition) is 4. The minimum absolute atomic E-state index is 0.208. The van der Waals surface area contributed by atoms with E-state index >= 15 is 0 Å². The third-order valence-corrected chi connectivity index (χ3v) is 4.35. The lowest BCUT2D eigenvalue weighted by Crippen LogP contribution is -2.10. The van der Waals surface area contributed by atoms with Crippen LogP contribution >= 0.6 is 11.8 Å². The average molecular weight is 263 g/mol. The van der Waals surface area contributed by atoms with Crippen LogP contribution in [0.2, 0.25) is 0 Å². The van der Waals surface area contributed by atoms with Gasteiger partial charge in [-0.15, -0.1) is 0 Å². The van der Waals surface area contributed by atoms with E-state index in [9.17, 15) is 4.79 Å². The molecule has 2 aromatic heterocycles. The van der Waals surface area contributed by atoms with Crippen molar-refractivity contribution in [3.05, 3.63) is 29.7 Å². The van der Waals surface area contributed by atoms with Gasteiger partial charge in [-0.25, -0.2) is 14.3 Å². The van der Waals surface area contributed by atoms with Gasteiger partial charge in [0.05, 0.1) is 0 Å². The second-order valence-corrected chi connectivity index (χ2v) is 5.53. The molecule has 1 unspecified atom stereocenters. The summed E-state index contributed by atoms with van der Waals surface area (Å²) in [6.07, 6.45) is 4.01. The fourth-order valence-electron chi connectivity index (χ4n) is 2.21. The van der Waals surface area contributed by atoms with Gasteiger partial charge < -0.3 is 5.11 Å². The van der Waals surface area contributed by atoms with Crippen LogP contribution in [0.15, 0.2) is 18.3 Å². The highest BCUT2D eigenvalue weighted by Gasteiger charge is 2.21. The van der Waals surface area contributed by atoms with E-state index in [1.807, 2.05) is 11.8 Å². The third kappa shape index (κ3) is 1.96. The van der Waals surface area contributed by atoms with E-state index in [2.05, 4.69) is 10.1 Å². The molecule has 0 amide bonds. The van der Waals surface area contributed by atoms with Gasteiger partial charge in [0.2, 0.25) is 0 Å². The van der Waals surface area contributed by atoms with Gasteiger partial charge >= 0.3 is 5.97 Å². The monoisotopic (exact) mass is 263 g/mol. The van der Waals surface area contributed by atoms with Gasteiger partial charge in [-0.3, -0.25) is 0 Å². The molecule has 1 fully saturated rings. The number of hydrogen-bond donors (Lipinski definition) is 1. The zero-order chi connectivity index (χ0) is 12.5. The van der Waals surface area contributed by atoms with Crippen molar-refractivity contribution in [2.45, 2.75) is 18.8 Å². The Kier molecular flexibility index (Phi) is 2.95. The first kappa shape index (κ1) is 11.5. The first-order chi connectivity index (χ1) is 8.75. The number of thioether (sulfide) groups is 1. The summed E-state index contributed by atoms with van der Waals surface area (Å²) < 4.78 is 1.57. The molecule has 1 atom stereocenters. The first-order valence-electron chi connectivity index (χ1n) is 5.92. The zero-order valence-corrected chi connectivity index (χ0v) is 10.6. The Morgan fingerprint density at radius 1 is 1.56 bits per heavy atom. The summed E-state index contributed by atoms with van der Waals surface area (Å²) in [6, 6.07) is 3.25. The van der Waals surface area contributed by atoms with Crippen LogP contribution in [0.25, 0.3) is 5.65 Å². The molecule has 3 heterocycles. The topological polar surface area (TPSA) is 67.5 Å². The zero-order valence-electron chi connectivity index (χ0n) is 9.74. The van der Waals surface area contributed by atoms with E-state index in [0.29, 0.717) is 11.6 Å². The molecule has 0 aliphatic carbocycles. The van der Waals surface area contributed by atoms with E-state index in [4.69, 9.17) is 5.11 Å². The average Bonchev–Trinajstić information content (AvgIpc) is 2.83. The molecule has 1 N–H and O–H groups in total. The second-order valence-electron chi connectivity index (χ2n) is 4.38. The molecule has 3 rings (SSSR count). The fraction of sp³-hybridized carbons (Fsp3) is 0.417. The van der Waals surface area contributed by atoms with E-state index in [1.54, 1.807) is 22.8 Å². The number of nitrogens with zero attached hydrogens (tertiary/aromatic N) is 3. The number of pyridine rings is 1. The number of carbonyl (C=O) groups is 1. The Labute approximate surface area is 108 Å². The van der Waals surface area contributed by atoms with E-state index in [-0.39, 0.29) is 5.56 Å². The molecule has 0 spiro atoms. The molecule has 2 aromatic rings. The Hall–Kier alpha value is -1.56. The number of fused-ring (bicyclic) bond motifs is 1. The van der Waals surface area contributed by atoms with E-state index < -0.39 is 5.97 Å². The van der Waals surface area contributed by atoms with Gasteiger partial charge in [-0.05, 0) is 30.7 Å².